The smallest absolute Gasteiger partial charge is 0.320 e. The van der Waals surface area contributed by atoms with Crippen LogP contribution >= 0.6 is 11.3 Å². The molecule has 0 spiro atoms. The zero-order valence-corrected chi connectivity index (χ0v) is 16.6. The number of carbonyl (C=O) groups excluding carboxylic acids is 1. The Bertz CT molecular complexity index is 505. The normalized spacial score (nSPS) is 19.0. The molecular formula is C19H34N4OS. The summed E-state index contributed by atoms with van der Waals surface area (Å²) in [6.07, 6.45) is 16.5. The highest BCUT2D eigenvalue weighted by molar-refractivity contribution is 7.15. The van der Waals surface area contributed by atoms with Crippen LogP contribution in [0.5, 0.6) is 0 Å². The minimum Gasteiger partial charge on any atom is -0.341 e. The summed E-state index contributed by atoms with van der Waals surface area (Å²) in [5, 5.41) is 9.76. The summed E-state index contributed by atoms with van der Waals surface area (Å²) < 4.78 is 0. The molecule has 0 saturated heterocycles. The van der Waals surface area contributed by atoms with Gasteiger partial charge in [-0.25, -0.2) is 9.78 Å². The quantitative estimate of drug-likeness (QED) is 0.707. The molecule has 2 rings (SSSR count). The van der Waals surface area contributed by atoms with Gasteiger partial charge in [-0.2, -0.15) is 0 Å². The number of urea groups is 1. The van der Waals surface area contributed by atoms with Crippen LogP contribution in [0.1, 0.15) is 76.0 Å². The maximum Gasteiger partial charge on any atom is 0.320 e. The average molecular weight is 367 g/mol. The molecule has 1 aliphatic carbocycles. The number of hydrogen-bond acceptors (Lipinski definition) is 4. The second-order valence-electron chi connectivity index (χ2n) is 7.40. The lowest BCUT2D eigenvalue weighted by atomic mass is 9.88. The van der Waals surface area contributed by atoms with E-state index in [2.05, 4.69) is 27.9 Å². The maximum atomic E-state index is 11.3. The second-order valence-corrected chi connectivity index (χ2v) is 8.52. The fourth-order valence-corrected chi connectivity index (χ4v) is 4.33. The number of carbonyl (C=O) groups is 1. The van der Waals surface area contributed by atoms with Crippen molar-refractivity contribution in [3.8, 4) is 0 Å². The Morgan fingerprint density at radius 1 is 1.12 bits per heavy atom. The fraction of sp³-hybridized carbons (Fsp3) is 0.789. The van der Waals surface area contributed by atoms with Gasteiger partial charge in [0, 0.05) is 30.2 Å². The SMILES string of the molecule is CNC(=O)Nc1ncc(CCNC2(C)CCCCCCCCCC2)s1. The van der Waals surface area contributed by atoms with Crippen molar-refractivity contribution >= 4 is 22.5 Å². The fourth-order valence-electron chi connectivity index (χ4n) is 3.52. The van der Waals surface area contributed by atoms with Crippen LogP contribution in [0.2, 0.25) is 0 Å². The number of nitrogens with zero attached hydrogens (tertiary/aromatic N) is 1. The zero-order valence-electron chi connectivity index (χ0n) is 15.8. The Balaban J connectivity index is 1.78. The summed E-state index contributed by atoms with van der Waals surface area (Å²) in [5.74, 6) is 0. The first kappa shape index (κ1) is 20.2. The lowest BCUT2D eigenvalue weighted by molar-refractivity contribution is 0.254. The number of rotatable bonds is 5. The van der Waals surface area contributed by atoms with Gasteiger partial charge in [-0.05, 0) is 26.2 Å². The summed E-state index contributed by atoms with van der Waals surface area (Å²) in [6.45, 7) is 3.37. The Labute approximate surface area is 156 Å². The molecule has 0 atom stereocenters. The topological polar surface area (TPSA) is 66.0 Å². The average Bonchev–Trinajstić information content (AvgIpc) is 3.01. The minimum atomic E-state index is -0.219. The highest BCUT2D eigenvalue weighted by Crippen LogP contribution is 2.25. The lowest BCUT2D eigenvalue weighted by Crippen LogP contribution is -2.43. The van der Waals surface area contributed by atoms with E-state index in [0.717, 1.165) is 13.0 Å². The van der Waals surface area contributed by atoms with Crippen LogP contribution < -0.4 is 16.0 Å². The van der Waals surface area contributed by atoms with Crippen molar-refractivity contribution in [3.63, 3.8) is 0 Å². The van der Waals surface area contributed by atoms with Crippen molar-refractivity contribution in [1.29, 1.82) is 0 Å². The molecule has 0 bridgehead atoms. The van der Waals surface area contributed by atoms with Crippen molar-refractivity contribution in [3.05, 3.63) is 11.1 Å². The molecule has 1 saturated carbocycles. The number of amides is 2. The van der Waals surface area contributed by atoms with Crippen LogP contribution in [-0.4, -0.2) is 30.1 Å². The van der Waals surface area contributed by atoms with Crippen molar-refractivity contribution in [2.24, 2.45) is 0 Å². The summed E-state index contributed by atoms with van der Waals surface area (Å²) in [7, 11) is 1.61. The van der Waals surface area contributed by atoms with E-state index in [1.165, 1.54) is 69.1 Å². The molecule has 1 aromatic rings. The Morgan fingerprint density at radius 2 is 1.72 bits per heavy atom. The molecule has 0 aromatic carbocycles. The standard InChI is InChI=1S/C19H34N4OS/c1-19(12-9-7-5-3-4-6-8-10-13-19)22-14-11-16-15-21-18(25-16)23-17(24)20-2/h15,22H,3-14H2,1-2H3,(H2,20,21,23,24). The first-order valence-corrected chi connectivity index (χ1v) is 10.6. The molecule has 6 heteroatoms. The third-order valence-corrected chi connectivity index (χ3v) is 6.10. The Hall–Kier alpha value is -1.14. The number of nitrogens with one attached hydrogen (secondary N) is 3. The van der Waals surface area contributed by atoms with Gasteiger partial charge >= 0.3 is 6.03 Å². The van der Waals surface area contributed by atoms with Gasteiger partial charge in [0.25, 0.3) is 0 Å². The predicted octanol–water partition coefficient (Wildman–Crippen LogP) is 4.70. The second kappa shape index (κ2) is 10.8. The summed E-state index contributed by atoms with van der Waals surface area (Å²) in [5.41, 5.74) is 0.262. The van der Waals surface area contributed by atoms with E-state index in [0.29, 0.717) is 5.13 Å². The van der Waals surface area contributed by atoms with Crippen molar-refractivity contribution in [1.82, 2.24) is 15.6 Å². The minimum absolute atomic E-state index is 0.219. The van der Waals surface area contributed by atoms with Gasteiger partial charge < -0.3 is 10.6 Å². The van der Waals surface area contributed by atoms with E-state index >= 15 is 0 Å². The monoisotopic (exact) mass is 366 g/mol. The van der Waals surface area contributed by atoms with Gasteiger partial charge in [-0.1, -0.05) is 51.4 Å². The molecule has 1 aromatic heterocycles. The van der Waals surface area contributed by atoms with Gasteiger partial charge in [0.2, 0.25) is 0 Å². The summed E-state index contributed by atoms with van der Waals surface area (Å²) in [4.78, 5) is 16.8. The van der Waals surface area contributed by atoms with E-state index in [1.54, 1.807) is 18.4 Å². The Morgan fingerprint density at radius 3 is 2.32 bits per heavy atom. The predicted molar refractivity (Wildman–Crippen MR) is 106 cm³/mol. The van der Waals surface area contributed by atoms with E-state index in [9.17, 15) is 4.79 Å². The highest BCUT2D eigenvalue weighted by atomic mass is 32.1. The van der Waals surface area contributed by atoms with Gasteiger partial charge in [0.15, 0.2) is 5.13 Å². The number of thiazole rings is 1. The number of hydrogen-bond donors (Lipinski definition) is 3. The van der Waals surface area contributed by atoms with Crippen LogP contribution in [-0.2, 0) is 6.42 Å². The molecule has 25 heavy (non-hydrogen) atoms. The van der Waals surface area contributed by atoms with E-state index < -0.39 is 0 Å². The van der Waals surface area contributed by atoms with Crippen LogP contribution in [0.4, 0.5) is 9.93 Å². The van der Waals surface area contributed by atoms with Crippen molar-refractivity contribution in [2.45, 2.75) is 83.1 Å². The lowest BCUT2D eigenvalue weighted by Gasteiger charge is -2.31. The van der Waals surface area contributed by atoms with Gasteiger partial charge in [0.1, 0.15) is 0 Å². The molecule has 0 aliphatic heterocycles. The molecule has 1 heterocycles. The molecule has 1 aliphatic rings. The molecule has 0 unspecified atom stereocenters. The summed E-state index contributed by atoms with van der Waals surface area (Å²) >= 11 is 1.56. The zero-order chi connectivity index (χ0) is 18.0. The van der Waals surface area contributed by atoms with E-state index in [-0.39, 0.29) is 11.6 Å². The molecule has 1 fully saturated rings. The van der Waals surface area contributed by atoms with Crippen molar-refractivity contribution in [2.75, 3.05) is 18.9 Å². The number of aromatic nitrogens is 1. The highest BCUT2D eigenvalue weighted by Gasteiger charge is 2.22. The Kier molecular flexibility index (Phi) is 8.68. The third-order valence-electron chi connectivity index (χ3n) is 5.13. The molecular weight excluding hydrogens is 332 g/mol. The molecule has 2 amide bonds. The van der Waals surface area contributed by atoms with Gasteiger partial charge in [-0.15, -0.1) is 11.3 Å². The van der Waals surface area contributed by atoms with Gasteiger partial charge in [0.05, 0.1) is 0 Å². The van der Waals surface area contributed by atoms with Crippen LogP contribution in [0.15, 0.2) is 6.20 Å². The molecule has 142 valence electrons. The van der Waals surface area contributed by atoms with Crippen LogP contribution in [0.3, 0.4) is 0 Å². The largest absolute Gasteiger partial charge is 0.341 e. The molecule has 0 radical (unpaired) electrons. The van der Waals surface area contributed by atoms with Crippen molar-refractivity contribution < 1.29 is 4.79 Å². The van der Waals surface area contributed by atoms with Gasteiger partial charge in [-0.3, -0.25) is 5.32 Å². The molecule has 5 nitrogen and oxygen atoms in total. The summed E-state index contributed by atoms with van der Waals surface area (Å²) in [6, 6.07) is -0.219. The van der Waals surface area contributed by atoms with Crippen LogP contribution in [0.25, 0.3) is 0 Å². The first-order valence-electron chi connectivity index (χ1n) is 9.80. The molecule has 3 N–H and O–H groups in total. The van der Waals surface area contributed by atoms with E-state index in [4.69, 9.17) is 0 Å². The van der Waals surface area contributed by atoms with Crippen LogP contribution in [0, 0.1) is 0 Å². The maximum absolute atomic E-state index is 11.3. The van der Waals surface area contributed by atoms with E-state index in [1.807, 2.05) is 6.20 Å². The number of anilines is 1. The third kappa shape index (κ3) is 7.74. The first-order chi connectivity index (χ1) is 12.1.